The molecule has 0 bridgehead atoms. The van der Waals surface area contributed by atoms with E-state index in [0.717, 1.165) is 0 Å². The van der Waals surface area contributed by atoms with E-state index in [2.05, 4.69) is 5.10 Å². The van der Waals surface area contributed by atoms with Crippen LogP contribution in [0, 0.1) is 5.82 Å². The molecule has 5 nitrogen and oxygen atoms in total. The largest absolute Gasteiger partial charge is 0.478 e. The number of carboxylic acids is 1. The van der Waals surface area contributed by atoms with Crippen LogP contribution in [0.2, 0.25) is 0 Å². The minimum atomic E-state index is -1.06. The molecule has 0 saturated carbocycles. The first-order valence-electron chi connectivity index (χ1n) is 5.65. The Kier molecular flexibility index (Phi) is 3.91. The van der Waals surface area contributed by atoms with Crippen LogP contribution in [-0.2, 0) is 25.0 Å². The van der Waals surface area contributed by atoms with E-state index in [-0.39, 0.29) is 24.6 Å². The maximum atomic E-state index is 13.4. The van der Waals surface area contributed by atoms with E-state index in [4.69, 9.17) is 9.84 Å². The number of nitrogens with zero attached hydrogens (tertiary/aromatic N) is 2. The van der Waals surface area contributed by atoms with Crippen molar-refractivity contribution >= 4 is 5.97 Å². The first-order chi connectivity index (χ1) is 9.09. The van der Waals surface area contributed by atoms with Gasteiger partial charge in [-0.05, 0) is 6.07 Å². The van der Waals surface area contributed by atoms with Crippen molar-refractivity contribution in [1.82, 2.24) is 9.78 Å². The Balaban J connectivity index is 2.02. The van der Waals surface area contributed by atoms with Gasteiger partial charge in [0.05, 0.1) is 25.1 Å². The fourth-order valence-electron chi connectivity index (χ4n) is 1.69. The molecule has 1 aromatic carbocycles. The second-order valence-corrected chi connectivity index (χ2v) is 4.02. The lowest BCUT2D eigenvalue weighted by Gasteiger charge is -2.07. The minimum absolute atomic E-state index is 0.0620. The Hall–Kier alpha value is -2.21. The fourth-order valence-corrected chi connectivity index (χ4v) is 1.69. The molecule has 0 spiro atoms. The second-order valence-electron chi connectivity index (χ2n) is 4.02. The summed E-state index contributed by atoms with van der Waals surface area (Å²) in [5.74, 6) is -1.40. The van der Waals surface area contributed by atoms with Gasteiger partial charge in [0.1, 0.15) is 11.4 Å². The highest BCUT2D eigenvalue weighted by molar-refractivity contribution is 5.88. The summed E-state index contributed by atoms with van der Waals surface area (Å²) >= 11 is 0. The smallest absolute Gasteiger partial charge is 0.339 e. The van der Waals surface area contributed by atoms with Gasteiger partial charge in [-0.1, -0.05) is 18.2 Å². The number of carboxylic acid groups (broad SMARTS) is 1. The molecule has 0 aliphatic carbocycles. The molecular formula is C13H13FN2O3. The van der Waals surface area contributed by atoms with Crippen LogP contribution >= 0.6 is 0 Å². The molecule has 1 aromatic heterocycles. The van der Waals surface area contributed by atoms with Crippen LogP contribution in [0.3, 0.4) is 0 Å². The van der Waals surface area contributed by atoms with Crippen molar-refractivity contribution < 1.29 is 19.0 Å². The molecular weight excluding hydrogens is 251 g/mol. The van der Waals surface area contributed by atoms with Gasteiger partial charge >= 0.3 is 5.97 Å². The van der Waals surface area contributed by atoms with E-state index < -0.39 is 5.97 Å². The number of aromatic nitrogens is 2. The number of rotatable bonds is 5. The van der Waals surface area contributed by atoms with Gasteiger partial charge in [0, 0.05) is 12.6 Å². The molecule has 2 aromatic rings. The highest BCUT2D eigenvalue weighted by atomic mass is 19.1. The quantitative estimate of drug-likeness (QED) is 0.896. The van der Waals surface area contributed by atoms with E-state index in [1.165, 1.54) is 16.9 Å². The predicted octanol–water partition coefficient (Wildman–Crippen LogP) is 1.97. The summed E-state index contributed by atoms with van der Waals surface area (Å²) in [6.07, 6.45) is 1.27. The summed E-state index contributed by atoms with van der Waals surface area (Å²) in [6.45, 7) is 0.142. The van der Waals surface area contributed by atoms with Crippen LogP contribution in [0.1, 0.15) is 21.6 Å². The predicted molar refractivity (Wildman–Crippen MR) is 65.1 cm³/mol. The average Bonchev–Trinajstić information content (AvgIpc) is 2.74. The molecule has 0 aliphatic rings. The molecule has 0 amide bonds. The summed E-state index contributed by atoms with van der Waals surface area (Å²) in [5, 5.41) is 12.8. The number of hydrogen-bond donors (Lipinski definition) is 1. The summed E-state index contributed by atoms with van der Waals surface area (Å²) in [7, 11) is 1.63. The molecule has 0 fully saturated rings. The van der Waals surface area contributed by atoms with Gasteiger partial charge < -0.3 is 9.84 Å². The van der Waals surface area contributed by atoms with E-state index >= 15 is 0 Å². The zero-order chi connectivity index (χ0) is 13.8. The zero-order valence-corrected chi connectivity index (χ0v) is 10.3. The highest BCUT2D eigenvalue weighted by Crippen LogP contribution is 2.12. The Morgan fingerprint density at radius 1 is 1.42 bits per heavy atom. The average molecular weight is 264 g/mol. The summed E-state index contributed by atoms with van der Waals surface area (Å²) < 4.78 is 20.1. The van der Waals surface area contributed by atoms with Crippen molar-refractivity contribution in [2.45, 2.75) is 13.2 Å². The molecule has 2 rings (SSSR count). The van der Waals surface area contributed by atoms with Crippen molar-refractivity contribution in [1.29, 1.82) is 0 Å². The maximum Gasteiger partial charge on any atom is 0.339 e. The molecule has 0 saturated heterocycles. The molecule has 0 atom stereocenters. The SMILES string of the molecule is Cn1ncc(C(=O)O)c1COCc1ccccc1F. The third kappa shape index (κ3) is 2.97. The molecule has 19 heavy (non-hydrogen) atoms. The summed E-state index contributed by atoms with van der Waals surface area (Å²) in [4.78, 5) is 11.0. The van der Waals surface area contributed by atoms with Crippen molar-refractivity contribution in [3.63, 3.8) is 0 Å². The van der Waals surface area contributed by atoms with Gasteiger partial charge in [0.2, 0.25) is 0 Å². The lowest BCUT2D eigenvalue weighted by molar-refractivity contribution is 0.0680. The Morgan fingerprint density at radius 3 is 2.84 bits per heavy atom. The van der Waals surface area contributed by atoms with Crippen molar-refractivity contribution in [2.24, 2.45) is 7.05 Å². The number of carbonyl (C=O) groups is 1. The monoisotopic (exact) mass is 264 g/mol. The maximum absolute atomic E-state index is 13.4. The van der Waals surface area contributed by atoms with Crippen LogP contribution in [0.4, 0.5) is 4.39 Å². The van der Waals surface area contributed by atoms with Gasteiger partial charge in [-0.25, -0.2) is 9.18 Å². The molecule has 0 aliphatic heterocycles. The summed E-state index contributed by atoms with van der Waals surface area (Å²) in [5.41, 5.74) is 0.974. The number of aromatic carboxylic acids is 1. The molecule has 6 heteroatoms. The zero-order valence-electron chi connectivity index (χ0n) is 10.3. The van der Waals surface area contributed by atoms with Gasteiger partial charge in [-0.15, -0.1) is 0 Å². The standard InChI is InChI=1S/C13H13FN2O3/c1-16-12(10(6-15-16)13(17)18)8-19-7-9-4-2-3-5-11(9)14/h2-6H,7-8H2,1H3,(H,17,18). The summed E-state index contributed by atoms with van der Waals surface area (Å²) in [6, 6.07) is 6.29. The van der Waals surface area contributed by atoms with E-state index in [1.807, 2.05) is 0 Å². The van der Waals surface area contributed by atoms with Crippen molar-refractivity contribution in [3.8, 4) is 0 Å². The van der Waals surface area contributed by atoms with E-state index in [9.17, 15) is 9.18 Å². The van der Waals surface area contributed by atoms with Gasteiger partial charge in [0.25, 0.3) is 0 Å². The third-order valence-electron chi connectivity index (χ3n) is 2.75. The molecule has 0 radical (unpaired) electrons. The number of hydrogen-bond acceptors (Lipinski definition) is 3. The Labute approximate surface area is 109 Å². The first-order valence-corrected chi connectivity index (χ1v) is 5.65. The highest BCUT2D eigenvalue weighted by Gasteiger charge is 2.15. The van der Waals surface area contributed by atoms with Crippen LogP contribution in [0.5, 0.6) is 0 Å². The van der Waals surface area contributed by atoms with Gasteiger partial charge in [-0.2, -0.15) is 5.10 Å². The van der Waals surface area contributed by atoms with Crippen LogP contribution in [-0.4, -0.2) is 20.9 Å². The lowest BCUT2D eigenvalue weighted by atomic mass is 10.2. The Bertz CT molecular complexity index is 595. The third-order valence-corrected chi connectivity index (χ3v) is 2.75. The van der Waals surface area contributed by atoms with E-state index in [0.29, 0.717) is 11.3 Å². The number of aryl methyl sites for hydroxylation is 1. The number of halogens is 1. The van der Waals surface area contributed by atoms with Gasteiger partial charge in [0.15, 0.2) is 0 Å². The number of benzene rings is 1. The van der Waals surface area contributed by atoms with Gasteiger partial charge in [-0.3, -0.25) is 4.68 Å². The molecule has 1 N–H and O–H groups in total. The van der Waals surface area contributed by atoms with E-state index in [1.54, 1.807) is 25.2 Å². The topological polar surface area (TPSA) is 64.4 Å². The molecule has 1 heterocycles. The normalized spacial score (nSPS) is 10.6. The van der Waals surface area contributed by atoms with Crippen LogP contribution in [0.25, 0.3) is 0 Å². The molecule has 0 unspecified atom stereocenters. The molecule has 100 valence electrons. The second kappa shape index (κ2) is 5.62. The fraction of sp³-hybridized carbons (Fsp3) is 0.231. The lowest BCUT2D eigenvalue weighted by Crippen LogP contribution is -2.07. The van der Waals surface area contributed by atoms with Crippen molar-refractivity contribution in [2.75, 3.05) is 0 Å². The Morgan fingerprint density at radius 2 is 2.16 bits per heavy atom. The first kappa shape index (κ1) is 13.2. The van der Waals surface area contributed by atoms with Crippen LogP contribution < -0.4 is 0 Å². The van der Waals surface area contributed by atoms with Crippen LogP contribution in [0.15, 0.2) is 30.5 Å². The number of ether oxygens (including phenoxy) is 1. The van der Waals surface area contributed by atoms with Crippen molar-refractivity contribution in [3.05, 3.63) is 53.1 Å². The minimum Gasteiger partial charge on any atom is -0.478 e.